The maximum absolute atomic E-state index is 13.4. The topological polar surface area (TPSA) is 64.9 Å². The van der Waals surface area contributed by atoms with Crippen LogP contribution < -0.4 is 5.73 Å². The summed E-state index contributed by atoms with van der Waals surface area (Å²) < 4.78 is 18.6. The second-order valence-electron chi connectivity index (χ2n) is 4.85. The Kier molecular flexibility index (Phi) is 3.95. The highest BCUT2D eigenvalue weighted by molar-refractivity contribution is 5.55. The Hall–Kier alpha value is -1.75. The highest BCUT2D eigenvalue weighted by Crippen LogP contribution is 2.24. The molecule has 0 saturated heterocycles. The van der Waals surface area contributed by atoms with Gasteiger partial charge in [-0.3, -0.25) is 0 Å². The number of benzene rings is 1. The molecule has 0 aliphatic rings. The molecule has 0 spiro atoms. The fourth-order valence-electron chi connectivity index (χ4n) is 2.14. The predicted molar refractivity (Wildman–Crippen MR) is 71.1 cm³/mol. The van der Waals surface area contributed by atoms with Crippen molar-refractivity contribution in [2.75, 3.05) is 0 Å². The first-order chi connectivity index (χ1) is 9.01. The van der Waals surface area contributed by atoms with Crippen LogP contribution in [0.25, 0.3) is 11.4 Å². The van der Waals surface area contributed by atoms with Crippen LogP contribution in [0.15, 0.2) is 22.7 Å². The van der Waals surface area contributed by atoms with E-state index in [-0.39, 0.29) is 17.8 Å². The van der Waals surface area contributed by atoms with Gasteiger partial charge in [0.05, 0.1) is 5.92 Å². The quantitative estimate of drug-likeness (QED) is 0.920. The van der Waals surface area contributed by atoms with Gasteiger partial charge in [-0.15, -0.1) is 0 Å². The lowest BCUT2D eigenvalue weighted by Gasteiger charge is -2.13. The lowest BCUT2D eigenvalue weighted by Crippen LogP contribution is -2.24. The molecular formula is C14H18FN3O. The molecule has 102 valence electrons. The van der Waals surface area contributed by atoms with E-state index >= 15 is 0 Å². The van der Waals surface area contributed by atoms with E-state index in [1.807, 2.05) is 26.8 Å². The van der Waals surface area contributed by atoms with Gasteiger partial charge in [-0.05, 0) is 44.0 Å². The Morgan fingerprint density at radius 3 is 2.68 bits per heavy atom. The van der Waals surface area contributed by atoms with Gasteiger partial charge in [0.2, 0.25) is 11.7 Å². The van der Waals surface area contributed by atoms with Gasteiger partial charge in [0.25, 0.3) is 0 Å². The van der Waals surface area contributed by atoms with Crippen LogP contribution in [-0.2, 0) is 0 Å². The van der Waals surface area contributed by atoms with Gasteiger partial charge in [-0.1, -0.05) is 12.1 Å². The molecule has 0 aliphatic heterocycles. The summed E-state index contributed by atoms with van der Waals surface area (Å²) in [6, 6.07) is 4.62. The average Bonchev–Trinajstić information content (AvgIpc) is 2.77. The molecule has 4 nitrogen and oxygen atoms in total. The van der Waals surface area contributed by atoms with Crippen molar-refractivity contribution in [1.82, 2.24) is 10.1 Å². The Morgan fingerprint density at radius 1 is 1.37 bits per heavy atom. The van der Waals surface area contributed by atoms with E-state index in [1.54, 1.807) is 0 Å². The summed E-state index contributed by atoms with van der Waals surface area (Å²) in [6.45, 7) is 5.75. The van der Waals surface area contributed by atoms with E-state index in [0.717, 1.165) is 12.0 Å². The molecule has 2 N–H and O–H groups in total. The van der Waals surface area contributed by atoms with Crippen molar-refractivity contribution in [3.8, 4) is 11.4 Å². The summed E-state index contributed by atoms with van der Waals surface area (Å²) in [4.78, 5) is 4.33. The number of hydrogen-bond donors (Lipinski definition) is 1. The van der Waals surface area contributed by atoms with E-state index < -0.39 is 0 Å². The summed E-state index contributed by atoms with van der Waals surface area (Å²) in [6.07, 6.45) is 0.821. The third-order valence-electron chi connectivity index (χ3n) is 3.13. The zero-order valence-electron chi connectivity index (χ0n) is 11.4. The van der Waals surface area contributed by atoms with Crippen LogP contribution in [0.2, 0.25) is 0 Å². The first kappa shape index (κ1) is 13.7. The highest BCUT2D eigenvalue weighted by atomic mass is 19.1. The van der Waals surface area contributed by atoms with Gasteiger partial charge < -0.3 is 10.3 Å². The van der Waals surface area contributed by atoms with Crippen LogP contribution in [0.5, 0.6) is 0 Å². The number of nitrogens with zero attached hydrogens (tertiary/aromatic N) is 2. The normalized spacial score (nSPS) is 14.4. The maximum atomic E-state index is 13.4. The zero-order valence-corrected chi connectivity index (χ0v) is 11.4. The fraction of sp³-hybridized carbons (Fsp3) is 0.429. The van der Waals surface area contributed by atoms with Crippen LogP contribution in [0.1, 0.15) is 37.6 Å². The molecule has 0 amide bonds. The van der Waals surface area contributed by atoms with Crippen molar-refractivity contribution in [2.24, 2.45) is 5.73 Å². The Labute approximate surface area is 111 Å². The summed E-state index contributed by atoms with van der Waals surface area (Å²) in [7, 11) is 0. The van der Waals surface area contributed by atoms with Crippen molar-refractivity contribution < 1.29 is 8.91 Å². The Bertz CT molecular complexity index is 545. The van der Waals surface area contributed by atoms with Crippen LogP contribution in [0, 0.1) is 12.7 Å². The summed E-state index contributed by atoms with van der Waals surface area (Å²) in [5, 5.41) is 3.91. The van der Waals surface area contributed by atoms with E-state index in [4.69, 9.17) is 10.3 Å². The van der Waals surface area contributed by atoms with Crippen LogP contribution in [-0.4, -0.2) is 16.2 Å². The standard InChI is InChI=1S/C14H18FN3O/c1-4-12(9(3)16)14-17-13(18-19-14)10-5-8(2)6-11(15)7-10/h5-7,9,12H,4,16H2,1-3H3. The lowest BCUT2D eigenvalue weighted by molar-refractivity contribution is 0.334. The minimum absolute atomic E-state index is 0.0240. The second-order valence-corrected chi connectivity index (χ2v) is 4.85. The maximum Gasteiger partial charge on any atom is 0.231 e. The van der Waals surface area contributed by atoms with E-state index in [2.05, 4.69) is 10.1 Å². The van der Waals surface area contributed by atoms with Crippen molar-refractivity contribution in [3.63, 3.8) is 0 Å². The van der Waals surface area contributed by atoms with Gasteiger partial charge in [0.15, 0.2) is 0 Å². The van der Waals surface area contributed by atoms with E-state index in [1.165, 1.54) is 12.1 Å². The number of aryl methyl sites for hydroxylation is 1. The first-order valence-electron chi connectivity index (χ1n) is 6.38. The third kappa shape index (κ3) is 2.98. The largest absolute Gasteiger partial charge is 0.339 e. The Morgan fingerprint density at radius 2 is 2.11 bits per heavy atom. The molecule has 0 radical (unpaired) electrons. The van der Waals surface area contributed by atoms with Gasteiger partial charge in [0, 0.05) is 11.6 Å². The van der Waals surface area contributed by atoms with Crippen molar-refractivity contribution in [3.05, 3.63) is 35.5 Å². The summed E-state index contributed by atoms with van der Waals surface area (Å²) in [5.41, 5.74) is 7.33. The molecule has 0 bridgehead atoms. The molecule has 1 aromatic carbocycles. The molecule has 0 fully saturated rings. The van der Waals surface area contributed by atoms with E-state index in [9.17, 15) is 4.39 Å². The van der Waals surface area contributed by atoms with Crippen LogP contribution in [0.4, 0.5) is 4.39 Å². The third-order valence-corrected chi connectivity index (χ3v) is 3.13. The molecular weight excluding hydrogens is 245 g/mol. The smallest absolute Gasteiger partial charge is 0.231 e. The first-order valence-corrected chi connectivity index (χ1v) is 6.38. The molecule has 2 rings (SSSR count). The minimum Gasteiger partial charge on any atom is -0.339 e. The second kappa shape index (κ2) is 5.48. The molecule has 0 saturated carbocycles. The summed E-state index contributed by atoms with van der Waals surface area (Å²) in [5.74, 6) is 0.627. The zero-order chi connectivity index (χ0) is 14.0. The van der Waals surface area contributed by atoms with Gasteiger partial charge in [-0.2, -0.15) is 4.98 Å². The number of hydrogen-bond acceptors (Lipinski definition) is 4. The molecule has 0 aliphatic carbocycles. The molecule has 2 atom stereocenters. The van der Waals surface area contributed by atoms with Crippen molar-refractivity contribution >= 4 is 0 Å². The SMILES string of the molecule is CCC(c1nc(-c2cc(C)cc(F)c2)no1)C(C)N. The van der Waals surface area contributed by atoms with Crippen LogP contribution >= 0.6 is 0 Å². The molecule has 19 heavy (non-hydrogen) atoms. The average molecular weight is 263 g/mol. The highest BCUT2D eigenvalue weighted by Gasteiger charge is 2.21. The summed E-state index contributed by atoms with van der Waals surface area (Å²) >= 11 is 0. The van der Waals surface area contributed by atoms with E-state index in [0.29, 0.717) is 17.3 Å². The fourth-order valence-corrected chi connectivity index (χ4v) is 2.14. The lowest BCUT2D eigenvalue weighted by atomic mass is 9.99. The monoisotopic (exact) mass is 263 g/mol. The number of nitrogens with two attached hydrogens (primary N) is 1. The number of aromatic nitrogens is 2. The van der Waals surface area contributed by atoms with Gasteiger partial charge in [-0.25, -0.2) is 4.39 Å². The van der Waals surface area contributed by atoms with Crippen LogP contribution in [0.3, 0.4) is 0 Å². The molecule has 2 aromatic rings. The minimum atomic E-state index is -0.305. The molecule has 5 heteroatoms. The number of halogens is 1. The molecule has 1 heterocycles. The molecule has 2 unspecified atom stereocenters. The molecule has 1 aromatic heterocycles. The van der Waals surface area contributed by atoms with Crippen molar-refractivity contribution in [2.45, 2.75) is 39.2 Å². The predicted octanol–water partition coefficient (Wildman–Crippen LogP) is 3.02. The van der Waals surface area contributed by atoms with Gasteiger partial charge >= 0.3 is 0 Å². The Balaban J connectivity index is 2.35. The van der Waals surface area contributed by atoms with Crippen molar-refractivity contribution in [1.29, 1.82) is 0 Å². The number of rotatable bonds is 4. The van der Waals surface area contributed by atoms with Gasteiger partial charge in [0.1, 0.15) is 5.82 Å².